The Balaban J connectivity index is 1.13. The number of rotatable bonds is 4. The standard InChI is InChI=1S/C51H29N5O2/c1-2-13-30(14-3-1)32-19-12-24-44-46(32)39-26-25-31(29-45(39)57-44)49-52-50(55-40-20-8-4-15-33(40)34-16-5-9-21-41(34)55)54-51(53-49)56-42-22-10-6-17-35(42)37-27-28-38-36-18-7-11-23-43(36)58-48(38)47(37)56/h1-29H. The van der Waals surface area contributed by atoms with Crippen LogP contribution in [0, 0.1) is 0 Å². The van der Waals surface area contributed by atoms with Crippen LogP contribution in [0.25, 0.3) is 122 Å². The largest absolute Gasteiger partial charge is 0.456 e. The fourth-order valence-electron chi connectivity index (χ4n) is 9.08. The third-order valence-electron chi connectivity index (χ3n) is 11.6. The molecule has 0 saturated heterocycles. The van der Waals surface area contributed by atoms with Crippen LogP contribution in [0.3, 0.4) is 0 Å². The molecule has 0 bridgehead atoms. The van der Waals surface area contributed by atoms with Gasteiger partial charge in [-0.25, -0.2) is 0 Å². The van der Waals surface area contributed by atoms with Crippen molar-refractivity contribution in [1.29, 1.82) is 0 Å². The summed E-state index contributed by atoms with van der Waals surface area (Å²) in [5.41, 5.74) is 10.2. The van der Waals surface area contributed by atoms with Crippen molar-refractivity contribution in [2.24, 2.45) is 0 Å². The van der Waals surface area contributed by atoms with Gasteiger partial charge in [0.25, 0.3) is 0 Å². The van der Waals surface area contributed by atoms with Crippen LogP contribution in [0.1, 0.15) is 0 Å². The van der Waals surface area contributed by atoms with Crippen molar-refractivity contribution in [2.75, 3.05) is 0 Å². The van der Waals surface area contributed by atoms with E-state index in [1.807, 2.05) is 24.3 Å². The Kier molecular flexibility index (Phi) is 6.32. The summed E-state index contributed by atoms with van der Waals surface area (Å²) in [7, 11) is 0. The van der Waals surface area contributed by atoms with E-state index in [1.54, 1.807) is 0 Å². The molecule has 0 saturated carbocycles. The van der Waals surface area contributed by atoms with Gasteiger partial charge in [0, 0.05) is 48.7 Å². The van der Waals surface area contributed by atoms with Gasteiger partial charge in [0.05, 0.1) is 16.6 Å². The first-order valence-electron chi connectivity index (χ1n) is 19.4. The lowest BCUT2D eigenvalue weighted by atomic mass is 9.99. The van der Waals surface area contributed by atoms with Crippen LogP contribution < -0.4 is 0 Å². The normalized spacial score (nSPS) is 12.1. The van der Waals surface area contributed by atoms with E-state index in [0.717, 1.165) is 104 Å². The van der Waals surface area contributed by atoms with Crippen LogP contribution in [0.2, 0.25) is 0 Å². The molecule has 0 N–H and O–H groups in total. The zero-order valence-corrected chi connectivity index (χ0v) is 30.8. The van der Waals surface area contributed by atoms with Crippen LogP contribution in [-0.4, -0.2) is 24.1 Å². The minimum atomic E-state index is 0.483. The lowest BCUT2D eigenvalue weighted by Gasteiger charge is -2.12. The molecule has 0 radical (unpaired) electrons. The van der Waals surface area contributed by atoms with Crippen LogP contribution in [-0.2, 0) is 0 Å². The highest BCUT2D eigenvalue weighted by molar-refractivity contribution is 6.21. The molecule has 270 valence electrons. The Bertz CT molecular complexity index is 3760. The van der Waals surface area contributed by atoms with Crippen molar-refractivity contribution < 1.29 is 8.83 Å². The summed E-state index contributed by atoms with van der Waals surface area (Å²) in [6, 6.07) is 60.7. The molecule has 0 aliphatic rings. The molecular weight excluding hydrogens is 715 g/mol. The number of fused-ring (bicyclic) bond motifs is 13. The van der Waals surface area contributed by atoms with Crippen molar-refractivity contribution in [1.82, 2.24) is 24.1 Å². The second-order valence-corrected chi connectivity index (χ2v) is 14.8. The first kappa shape index (κ1) is 31.2. The molecule has 0 atom stereocenters. The number of nitrogens with zero attached hydrogens (tertiary/aromatic N) is 5. The molecular formula is C51H29N5O2. The molecule has 0 amide bonds. The molecule has 13 aromatic rings. The van der Waals surface area contributed by atoms with Crippen molar-refractivity contribution in [3.8, 4) is 34.4 Å². The third kappa shape index (κ3) is 4.35. The average molecular weight is 744 g/mol. The minimum Gasteiger partial charge on any atom is -0.456 e. The van der Waals surface area contributed by atoms with Crippen molar-refractivity contribution in [2.45, 2.75) is 0 Å². The lowest BCUT2D eigenvalue weighted by Crippen LogP contribution is -2.10. The van der Waals surface area contributed by atoms with Gasteiger partial charge in [-0.15, -0.1) is 0 Å². The molecule has 7 nitrogen and oxygen atoms in total. The number of aromatic nitrogens is 5. The maximum Gasteiger partial charge on any atom is 0.240 e. The van der Waals surface area contributed by atoms with Gasteiger partial charge in [-0.2, -0.15) is 15.0 Å². The highest BCUT2D eigenvalue weighted by Crippen LogP contribution is 2.42. The van der Waals surface area contributed by atoms with Crippen molar-refractivity contribution >= 4 is 87.5 Å². The van der Waals surface area contributed by atoms with E-state index in [4.69, 9.17) is 23.8 Å². The number of furan rings is 2. The summed E-state index contributed by atoms with van der Waals surface area (Å²) in [5.74, 6) is 1.52. The van der Waals surface area contributed by atoms with Crippen molar-refractivity contribution in [3.63, 3.8) is 0 Å². The van der Waals surface area contributed by atoms with Crippen LogP contribution in [0.15, 0.2) is 185 Å². The van der Waals surface area contributed by atoms with Gasteiger partial charge in [-0.3, -0.25) is 9.13 Å². The van der Waals surface area contributed by atoms with Crippen molar-refractivity contribution in [3.05, 3.63) is 176 Å². The summed E-state index contributed by atoms with van der Waals surface area (Å²) in [6.45, 7) is 0. The lowest BCUT2D eigenvalue weighted by molar-refractivity contribution is 0.669. The van der Waals surface area contributed by atoms with Gasteiger partial charge in [0.2, 0.25) is 11.9 Å². The number of hydrogen-bond donors (Lipinski definition) is 0. The average Bonchev–Trinajstić information content (AvgIpc) is 4.04. The molecule has 0 fully saturated rings. The van der Waals surface area contributed by atoms with Gasteiger partial charge in [0.15, 0.2) is 11.4 Å². The van der Waals surface area contributed by atoms with E-state index < -0.39 is 0 Å². The van der Waals surface area contributed by atoms with E-state index in [0.29, 0.717) is 17.7 Å². The Morgan fingerprint density at radius 1 is 0.362 bits per heavy atom. The molecule has 0 aliphatic heterocycles. The smallest absolute Gasteiger partial charge is 0.240 e. The third-order valence-corrected chi connectivity index (χ3v) is 11.6. The topological polar surface area (TPSA) is 74.8 Å². The summed E-state index contributed by atoms with van der Waals surface area (Å²) in [6.07, 6.45) is 0. The SMILES string of the molecule is c1ccc(-c2cccc3oc4cc(-c5nc(-n6c7ccccc7c7ccccc76)nc(-n6c7ccccc7c7ccc8c9ccccc9oc8c76)n5)ccc4c23)cc1. The predicted molar refractivity (Wildman–Crippen MR) is 234 cm³/mol. The Morgan fingerprint density at radius 3 is 1.71 bits per heavy atom. The summed E-state index contributed by atoms with van der Waals surface area (Å²) in [4.78, 5) is 16.0. The quantitative estimate of drug-likeness (QED) is 0.179. The zero-order valence-electron chi connectivity index (χ0n) is 30.8. The van der Waals surface area contributed by atoms with Crippen LogP contribution in [0.5, 0.6) is 0 Å². The van der Waals surface area contributed by atoms with E-state index in [2.05, 4.69) is 161 Å². The molecule has 8 aromatic carbocycles. The van der Waals surface area contributed by atoms with Gasteiger partial charge < -0.3 is 8.83 Å². The maximum atomic E-state index is 6.70. The highest BCUT2D eigenvalue weighted by atomic mass is 16.3. The zero-order chi connectivity index (χ0) is 37.9. The summed E-state index contributed by atoms with van der Waals surface area (Å²) >= 11 is 0. The fourth-order valence-corrected chi connectivity index (χ4v) is 9.08. The second kappa shape index (κ2) is 11.7. The number of para-hydroxylation sites is 4. The molecule has 7 heteroatoms. The number of benzene rings is 8. The monoisotopic (exact) mass is 743 g/mol. The van der Waals surface area contributed by atoms with E-state index in [-0.39, 0.29) is 0 Å². The molecule has 5 heterocycles. The van der Waals surface area contributed by atoms with Gasteiger partial charge in [-0.05, 0) is 59.7 Å². The van der Waals surface area contributed by atoms with E-state index in [1.165, 1.54) is 0 Å². The summed E-state index contributed by atoms with van der Waals surface area (Å²) in [5, 5.41) is 8.60. The van der Waals surface area contributed by atoms with Gasteiger partial charge in [0.1, 0.15) is 22.3 Å². The van der Waals surface area contributed by atoms with Gasteiger partial charge >= 0.3 is 0 Å². The first-order chi connectivity index (χ1) is 28.8. The Hall–Kier alpha value is -8.03. The van der Waals surface area contributed by atoms with E-state index in [9.17, 15) is 0 Å². The molecule has 0 spiro atoms. The second-order valence-electron chi connectivity index (χ2n) is 14.8. The molecule has 5 aromatic heterocycles. The molecule has 58 heavy (non-hydrogen) atoms. The summed E-state index contributed by atoms with van der Waals surface area (Å²) < 4.78 is 17.6. The Labute approximate surface area is 329 Å². The fraction of sp³-hybridized carbons (Fsp3) is 0. The van der Waals surface area contributed by atoms with E-state index >= 15 is 0 Å². The van der Waals surface area contributed by atoms with Crippen LogP contribution >= 0.6 is 0 Å². The highest BCUT2D eigenvalue weighted by Gasteiger charge is 2.24. The van der Waals surface area contributed by atoms with Crippen LogP contribution in [0.4, 0.5) is 0 Å². The number of hydrogen-bond acceptors (Lipinski definition) is 5. The minimum absolute atomic E-state index is 0.483. The maximum absolute atomic E-state index is 6.70. The molecule has 13 rings (SSSR count). The van der Waals surface area contributed by atoms with Gasteiger partial charge in [-0.1, -0.05) is 127 Å². The Morgan fingerprint density at radius 2 is 0.948 bits per heavy atom. The molecule has 0 unspecified atom stereocenters. The first-order valence-corrected chi connectivity index (χ1v) is 19.4. The molecule has 0 aliphatic carbocycles. The predicted octanol–water partition coefficient (Wildman–Crippen LogP) is 13.2.